The predicted molar refractivity (Wildman–Crippen MR) is 125 cm³/mol. The second kappa shape index (κ2) is 20.4. The Bertz CT molecular complexity index is 525. The van der Waals surface area contributed by atoms with Gasteiger partial charge >= 0.3 is 11.9 Å². The highest BCUT2D eigenvalue weighted by molar-refractivity contribution is 5.87. The van der Waals surface area contributed by atoms with Gasteiger partial charge in [0.05, 0.1) is 11.7 Å². The molecule has 0 atom stereocenters. The van der Waals surface area contributed by atoms with Crippen LogP contribution < -0.4 is 0 Å². The van der Waals surface area contributed by atoms with Crippen LogP contribution in [0.2, 0.25) is 0 Å². The molecule has 0 amide bonds. The maximum absolute atomic E-state index is 11.3. The van der Waals surface area contributed by atoms with Crippen LogP contribution in [0, 0.1) is 0 Å². The molecular formula is C26H44O4. The summed E-state index contributed by atoms with van der Waals surface area (Å²) < 4.78 is 5.12. The van der Waals surface area contributed by atoms with Gasteiger partial charge in [0.15, 0.2) is 0 Å². The van der Waals surface area contributed by atoms with Gasteiger partial charge in [-0.2, -0.15) is 0 Å². The van der Waals surface area contributed by atoms with Crippen LogP contribution in [0.15, 0.2) is 30.3 Å². The molecule has 0 saturated heterocycles. The summed E-state index contributed by atoms with van der Waals surface area (Å²) in [5, 5.41) is 8.38. The maximum atomic E-state index is 11.3. The predicted octanol–water partition coefficient (Wildman–Crippen LogP) is 7.80. The largest absolute Gasteiger partial charge is 0.478 e. The molecular weight excluding hydrogens is 376 g/mol. The molecule has 4 heteroatoms. The van der Waals surface area contributed by atoms with Gasteiger partial charge in [-0.3, -0.25) is 4.79 Å². The van der Waals surface area contributed by atoms with E-state index >= 15 is 0 Å². The number of ether oxygens (including phenoxy) is 1. The highest BCUT2D eigenvalue weighted by atomic mass is 16.5. The molecule has 0 spiro atoms. The Labute approximate surface area is 184 Å². The first-order valence-corrected chi connectivity index (χ1v) is 11.9. The van der Waals surface area contributed by atoms with Crippen molar-refractivity contribution in [1.29, 1.82) is 0 Å². The van der Waals surface area contributed by atoms with E-state index in [1.54, 1.807) is 30.3 Å². The highest BCUT2D eigenvalue weighted by Crippen LogP contribution is 2.13. The van der Waals surface area contributed by atoms with E-state index in [1.165, 1.54) is 77.0 Å². The van der Waals surface area contributed by atoms with Crippen molar-refractivity contribution >= 4 is 11.9 Å². The summed E-state index contributed by atoms with van der Waals surface area (Å²) in [6.45, 7) is 6.08. The fourth-order valence-corrected chi connectivity index (χ4v) is 3.19. The summed E-state index contributed by atoms with van der Waals surface area (Å²) in [4.78, 5) is 21.5. The number of rotatable bonds is 16. The van der Waals surface area contributed by atoms with Crippen LogP contribution in [-0.2, 0) is 9.53 Å². The molecule has 0 unspecified atom stereocenters. The molecule has 0 aliphatic carbocycles. The molecule has 0 aromatic heterocycles. The minimum Gasteiger partial charge on any atom is -0.478 e. The lowest BCUT2D eigenvalue weighted by Crippen LogP contribution is -2.10. The summed E-state index contributed by atoms with van der Waals surface area (Å²) in [6.07, 6.45) is 18.0. The van der Waals surface area contributed by atoms with Crippen LogP contribution in [0.4, 0.5) is 0 Å². The molecule has 0 radical (unpaired) electrons. The summed E-state index contributed by atoms with van der Waals surface area (Å²) in [6, 6.07) is 8.30. The SMILES string of the molecule is CCCCCCCCCCCCCCCC(=O)OC(C)C.O=C(O)c1ccccc1. The van der Waals surface area contributed by atoms with Crippen molar-refractivity contribution in [3.8, 4) is 0 Å². The first kappa shape index (κ1) is 28.2. The fraction of sp³-hybridized carbons (Fsp3) is 0.692. The smallest absolute Gasteiger partial charge is 0.335 e. The van der Waals surface area contributed by atoms with Crippen LogP contribution in [0.1, 0.15) is 121 Å². The van der Waals surface area contributed by atoms with Gasteiger partial charge in [0.25, 0.3) is 0 Å². The number of carbonyl (C=O) groups excluding carboxylic acids is 1. The van der Waals surface area contributed by atoms with Gasteiger partial charge in [0.1, 0.15) is 0 Å². The maximum Gasteiger partial charge on any atom is 0.335 e. The van der Waals surface area contributed by atoms with E-state index < -0.39 is 5.97 Å². The Morgan fingerprint density at radius 2 is 1.20 bits per heavy atom. The third-order valence-corrected chi connectivity index (χ3v) is 4.87. The van der Waals surface area contributed by atoms with Crippen LogP contribution in [0.25, 0.3) is 0 Å². The number of aromatic carboxylic acids is 1. The summed E-state index contributed by atoms with van der Waals surface area (Å²) in [5.41, 5.74) is 0.331. The Kier molecular flexibility index (Phi) is 19.2. The van der Waals surface area contributed by atoms with Crippen molar-refractivity contribution in [3.05, 3.63) is 35.9 Å². The van der Waals surface area contributed by atoms with Crippen molar-refractivity contribution in [1.82, 2.24) is 0 Å². The lowest BCUT2D eigenvalue weighted by atomic mass is 10.0. The molecule has 1 rings (SSSR count). The number of carboxylic acid groups (broad SMARTS) is 1. The van der Waals surface area contributed by atoms with Crippen molar-refractivity contribution in [2.45, 2.75) is 117 Å². The number of hydrogen-bond acceptors (Lipinski definition) is 3. The lowest BCUT2D eigenvalue weighted by molar-refractivity contribution is -0.147. The van der Waals surface area contributed by atoms with Gasteiger partial charge in [-0.25, -0.2) is 4.79 Å². The van der Waals surface area contributed by atoms with Crippen LogP contribution >= 0.6 is 0 Å². The molecule has 0 heterocycles. The van der Waals surface area contributed by atoms with Crippen LogP contribution in [0.5, 0.6) is 0 Å². The second-order valence-corrected chi connectivity index (χ2v) is 8.20. The third kappa shape index (κ3) is 19.5. The number of benzene rings is 1. The van der Waals surface area contributed by atoms with Gasteiger partial charge in [-0.05, 0) is 32.4 Å². The lowest BCUT2D eigenvalue weighted by Gasteiger charge is -2.07. The van der Waals surface area contributed by atoms with E-state index in [4.69, 9.17) is 9.84 Å². The van der Waals surface area contributed by atoms with Crippen molar-refractivity contribution in [2.24, 2.45) is 0 Å². The molecule has 1 aromatic rings. The highest BCUT2D eigenvalue weighted by Gasteiger charge is 2.04. The summed E-state index contributed by atoms with van der Waals surface area (Å²) >= 11 is 0. The zero-order valence-corrected chi connectivity index (χ0v) is 19.5. The molecule has 0 saturated carbocycles. The molecule has 0 aliphatic rings. The average molecular weight is 421 g/mol. The van der Waals surface area contributed by atoms with E-state index in [0.717, 1.165) is 6.42 Å². The quantitative estimate of drug-likeness (QED) is 0.219. The zero-order valence-electron chi connectivity index (χ0n) is 19.5. The number of hydrogen-bond donors (Lipinski definition) is 1. The van der Waals surface area contributed by atoms with Crippen molar-refractivity contribution in [3.63, 3.8) is 0 Å². The molecule has 0 bridgehead atoms. The van der Waals surface area contributed by atoms with Gasteiger partial charge in [-0.15, -0.1) is 0 Å². The Morgan fingerprint density at radius 1 is 0.767 bits per heavy atom. The van der Waals surface area contributed by atoms with E-state index in [1.807, 2.05) is 13.8 Å². The summed E-state index contributed by atoms with van der Waals surface area (Å²) in [7, 11) is 0. The minimum absolute atomic E-state index is 0.0273. The van der Waals surface area contributed by atoms with E-state index in [9.17, 15) is 9.59 Å². The van der Waals surface area contributed by atoms with Crippen molar-refractivity contribution < 1.29 is 19.4 Å². The molecule has 30 heavy (non-hydrogen) atoms. The Morgan fingerprint density at radius 3 is 1.57 bits per heavy atom. The topological polar surface area (TPSA) is 63.6 Å². The number of esters is 1. The molecule has 4 nitrogen and oxygen atoms in total. The van der Waals surface area contributed by atoms with E-state index in [-0.39, 0.29) is 12.1 Å². The van der Waals surface area contributed by atoms with E-state index in [2.05, 4.69) is 6.92 Å². The minimum atomic E-state index is -0.879. The molecule has 0 fully saturated rings. The molecule has 0 aliphatic heterocycles. The first-order chi connectivity index (χ1) is 14.5. The monoisotopic (exact) mass is 420 g/mol. The van der Waals surface area contributed by atoms with Crippen LogP contribution in [0.3, 0.4) is 0 Å². The molecule has 1 N–H and O–H groups in total. The second-order valence-electron chi connectivity index (χ2n) is 8.20. The molecule has 1 aromatic carbocycles. The normalized spacial score (nSPS) is 10.4. The van der Waals surface area contributed by atoms with Crippen LogP contribution in [-0.4, -0.2) is 23.1 Å². The fourth-order valence-electron chi connectivity index (χ4n) is 3.19. The number of carbonyl (C=O) groups is 2. The number of unbranched alkanes of at least 4 members (excludes halogenated alkanes) is 12. The van der Waals surface area contributed by atoms with Gasteiger partial charge in [0.2, 0.25) is 0 Å². The Hall–Kier alpha value is -1.84. The van der Waals surface area contributed by atoms with Gasteiger partial charge < -0.3 is 9.84 Å². The summed E-state index contributed by atoms with van der Waals surface area (Å²) in [5.74, 6) is -0.913. The average Bonchev–Trinajstić information content (AvgIpc) is 2.72. The first-order valence-electron chi connectivity index (χ1n) is 11.9. The van der Waals surface area contributed by atoms with Crippen molar-refractivity contribution in [2.75, 3.05) is 0 Å². The van der Waals surface area contributed by atoms with Gasteiger partial charge in [-0.1, -0.05) is 102 Å². The third-order valence-electron chi connectivity index (χ3n) is 4.87. The molecule has 172 valence electrons. The Balaban J connectivity index is 0.000000769. The standard InChI is InChI=1S/C19H38O2.C7H6O2/c1-4-5-6-7-8-9-10-11-12-13-14-15-16-17-19(20)21-18(2)3;8-7(9)6-4-2-1-3-5-6/h18H,4-17H2,1-3H3;1-5H,(H,8,9). The van der Waals surface area contributed by atoms with Gasteiger partial charge in [0, 0.05) is 6.42 Å². The number of carboxylic acids is 1. The van der Waals surface area contributed by atoms with E-state index in [0.29, 0.717) is 12.0 Å². The zero-order chi connectivity index (χ0) is 22.5.